The zero-order valence-corrected chi connectivity index (χ0v) is 15.7. The van der Waals surface area contributed by atoms with E-state index in [2.05, 4.69) is 55.6 Å². The minimum atomic E-state index is -0.463. The van der Waals surface area contributed by atoms with Crippen molar-refractivity contribution < 1.29 is 9.72 Å². The van der Waals surface area contributed by atoms with Crippen LogP contribution in [0.3, 0.4) is 0 Å². The molecule has 2 aromatic carbocycles. The highest BCUT2D eigenvalue weighted by Crippen LogP contribution is 2.47. The number of hydrogen-bond donors (Lipinski definition) is 1. The van der Waals surface area contributed by atoms with E-state index in [1.165, 1.54) is 29.5 Å². The maximum absolute atomic E-state index is 12.2. The Morgan fingerprint density at radius 1 is 1.22 bits per heavy atom. The standard InChI is InChI=1S/C21H23N3O3/c1-21(2,3)16-9-7-15(8-10-16)18-12-19(18)20(25)23-22-13-14-5-4-6-17(11-14)24(26)27/h4-11,13,18-19H,12H2,1-3H3,(H,23,25). The second-order valence-corrected chi connectivity index (χ2v) is 7.91. The number of nitrogens with zero attached hydrogens (tertiary/aromatic N) is 2. The fourth-order valence-electron chi connectivity index (χ4n) is 3.06. The van der Waals surface area contributed by atoms with Crippen molar-refractivity contribution in [2.45, 2.75) is 38.5 Å². The second-order valence-electron chi connectivity index (χ2n) is 7.91. The molecule has 0 aliphatic heterocycles. The van der Waals surface area contributed by atoms with E-state index in [0.717, 1.165) is 6.42 Å². The third kappa shape index (κ3) is 4.58. The molecule has 3 rings (SSSR count). The van der Waals surface area contributed by atoms with Crippen molar-refractivity contribution in [2.24, 2.45) is 11.0 Å². The van der Waals surface area contributed by atoms with Crippen molar-refractivity contribution in [1.82, 2.24) is 5.43 Å². The zero-order valence-electron chi connectivity index (χ0n) is 15.7. The zero-order chi connectivity index (χ0) is 19.6. The molecule has 6 nitrogen and oxygen atoms in total. The second kappa shape index (κ2) is 7.31. The topological polar surface area (TPSA) is 84.6 Å². The fraction of sp³-hybridized carbons (Fsp3) is 0.333. The van der Waals surface area contributed by atoms with Crippen LogP contribution in [0.4, 0.5) is 5.69 Å². The van der Waals surface area contributed by atoms with Crippen molar-refractivity contribution in [1.29, 1.82) is 0 Å². The van der Waals surface area contributed by atoms with Gasteiger partial charge in [0.2, 0.25) is 5.91 Å². The molecule has 1 fully saturated rings. The number of hydrogen-bond acceptors (Lipinski definition) is 4. The highest BCUT2D eigenvalue weighted by Gasteiger charge is 2.43. The van der Waals surface area contributed by atoms with E-state index in [0.29, 0.717) is 5.56 Å². The average Bonchev–Trinajstić information content (AvgIpc) is 3.42. The SMILES string of the molecule is CC(C)(C)c1ccc(C2CC2C(=O)NN=Cc2cccc([N+](=O)[O-])c2)cc1. The highest BCUT2D eigenvalue weighted by molar-refractivity contribution is 5.85. The number of hydrazone groups is 1. The van der Waals surface area contributed by atoms with E-state index in [4.69, 9.17) is 0 Å². The van der Waals surface area contributed by atoms with Crippen molar-refractivity contribution in [3.63, 3.8) is 0 Å². The molecule has 1 saturated carbocycles. The number of benzene rings is 2. The average molecular weight is 365 g/mol. The molecule has 1 aliphatic rings. The molecule has 2 unspecified atom stereocenters. The quantitative estimate of drug-likeness (QED) is 0.491. The molecule has 2 aromatic rings. The lowest BCUT2D eigenvalue weighted by Gasteiger charge is -2.19. The summed E-state index contributed by atoms with van der Waals surface area (Å²) in [5.41, 5.74) is 5.65. The number of non-ortho nitro benzene ring substituents is 1. The maximum atomic E-state index is 12.2. The molecule has 6 heteroatoms. The van der Waals surface area contributed by atoms with Crippen LogP contribution in [-0.4, -0.2) is 17.0 Å². The molecule has 0 spiro atoms. The molecule has 1 aliphatic carbocycles. The molecule has 0 saturated heterocycles. The Kier molecular flexibility index (Phi) is 5.08. The summed E-state index contributed by atoms with van der Waals surface area (Å²) in [5.74, 6) is 0.0290. The first-order valence-electron chi connectivity index (χ1n) is 8.93. The van der Waals surface area contributed by atoms with Gasteiger partial charge < -0.3 is 0 Å². The van der Waals surface area contributed by atoms with Crippen LogP contribution in [0.15, 0.2) is 53.6 Å². The van der Waals surface area contributed by atoms with E-state index in [1.807, 2.05) is 0 Å². The van der Waals surface area contributed by atoms with Gasteiger partial charge in [-0.15, -0.1) is 0 Å². The first kappa shape index (κ1) is 18.8. The van der Waals surface area contributed by atoms with E-state index >= 15 is 0 Å². The number of carbonyl (C=O) groups is 1. The summed E-state index contributed by atoms with van der Waals surface area (Å²) in [6.07, 6.45) is 2.23. The smallest absolute Gasteiger partial charge is 0.270 e. The van der Waals surface area contributed by atoms with E-state index in [9.17, 15) is 14.9 Å². The number of nitro benzene ring substituents is 1. The van der Waals surface area contributed by atoms with Gasteiger partial charge in [-0.05, 0) is 28.9 Å². The molecule has 1 N–H and O–H groups in total. The highest BCUT2D eigenvalue weighted by atomic mass is 16.6. The third-order valence-electron chi connectivity index (χ3n) is 4.80. The van der Waals surface area contributed by atoms with Crippen LogP contribution in [0, 0.1) is 16.0 Å². The molecule has 0 aromatic heterocycles. The van der Waals surface area contributed by atoms with E-state index in [1.54, 1.807) is 12.1 Å². The van der Waals surface area contributed by atoms with Crippen molar-refractivity contribution in [2.75, 3.05) is 0 Å². The maximum Gasteiger partial charge on any atom is 0.270 e. The largest absolute Gasteiger partial charge is 0.273 e. The predicted octanol–water partition coefficient (Wildman–Crippen LogP) is 4.15. The molecule has 2 atom stereocenters. The predicted molar refractivity (Wildman–Crippen MR) is 105 cm³/mol. The summed E-state index contributed by atoms with van der Waals surface area (Å²) in [4.78, 5) is 22.6. The number of rotatable bonds is 5. The molecule has 27 heavy (non-hydrogen) atoms. The molecule has 0 radical (unpaired) electrons. The van der Waals surface area contributed by atoms with Crippen molar-refractivity contribution in [3.8, 4) is 0 Å². The lowest BCUT2D eigenvalue weighted by atomic mass is 9.86. The van der Waals surface area contributed by atoms with Crippen LogP contribution in [0.2, 0.25) is 0 Å². The normalized spacial score (nSPS) is 19.1. The van der Waals surface area contributed by atoms with Crippen LogP contribution < -0.4 is 5.43 Å². The molecule has 1 amide bonds. The van der Waals surface area contributed by atoms with Crippen molar-refractivity contribution in [3.05, 3.63) is 75.3 Å². The Balaban J connectivity index is 1.56. The Hall–Kier alpha value is -3.02. The van der Waals surface area contributed by atoms with Gasteiger partial charge in [0.25, 0.3) is 5.69 Å². The van der Waals surface area contributed by atoms with Crippen LogP contribution >= 0.6 is 0 Å². The van der Waals surface area contributed by atoms with Crippen LogP contribution in [0.1, 0.15) is 49.8 Å². The van der Waals surface area contributed by atoms with Crippen LogP contribution in [0.25, 0.3) is 0 Å². The summed E-state index contributed by atoms with van der Waals surface area (Å²) in [6, 6.07) is 14.6. The Morgan fingerprint density at radius 2 is 1.93 bits per heavy atom. The number of carbonyl (C=O) groups excluding carboxylic acids is 1. The molecular formula is C21H23N3O3. The monoisotopic (exact) mass is 365 g/mol. The third-order valence-corrected chi connectivity index (χ3v) is 4.80. The van der Waals surface area contributed by atoms with E-state index in [-0.39, 0.29) is 28.8 Å². The van der Waals surface area contributed by atoms with Gasteiger partial charge in [-0.1, -0.05) is 57.2 Å². The van der Waals surface area contributed by atoms with Gasteiger partial charge >= 0.3 is 0 Å². The first-order valence-corrected chi connectivity index (χ1v) is 8.93. The minimum absolute atomic E-state index is 0.00811. The van der Waals surface area contributed by atoms with Gasteiger partial charge in [-0.2, -0.15) is 5.10 Å². The molecule has 140 valence electrons. The summed E-state index contributed by atoms with van der Waals surface area (Å²) in [7, 11) is 0. The summed E-state index contributed by atoms with van der Waals surface area (Å²) >= 11 is 0. The van der Waals surface area contributed by atoms with Gasteiger partial charge in [0, 0.05) is 23.6 Å². The van der Waals surface area contributed by atoms with Crippen LogP contribution in [0.5, 0.6) is 0 Å². The number of nitrogens with one attached hydrogen (secondary N) is 1. The number of nitro groups is 1. The number of amides is 1. The summed E-state index contributed by atoms with van der Waals surface area (Å²) in [5, 5.41) is 14.7. The lowest BCUT2D eigenvalue weighted by Crippen LogP contribution is -2.20. The molecule has 0 heterocycles. The summed E-state index contributed by atoms with van der Waals surface area (Å²) < 4.78 is 0. The minimum Gasteiger partial charge on any atom is -0.273 e. The van der Waals surface area contributed by atoms with Gasteiger partial charge in [-0.3, -0.25) is 14.9 Å². The van der Waals surface area contributed by atoms with Gasteiger partial charge in [0.15, 0.2) is 0 Å². The van der Waals surface area contributed by atoms with Crippen LogP contribution in [-0.2, 0) is 10.2 Å². The van der Waals surface area contributed by atoms with E-state index < -0.39 is 4.92 Å². The van der Waals surface area contributed by atoms with Gasteiger partial charge in [0.05, 0.1) is 11.1 Å². The fourth-order valence-corrected chi connectivity index (χ4v) is 3.06. The van der Waals surface area contributed by atoms with Gasteiger partial charge in [-0.25, -0.2) is 5.43 Å². The molecule has 0 bridgehead atoms. The Labute approximate surface area is 158 Å². The van der Waals surface area contributed by atoms with Crippen molar-refractivity contribution >= 4 is 17.8 Å². The van der Waals surface area contributed by atoms with Gasteiger partial charge in [0.1, 0.15) is 0 Å². The summed E-state index contributed by atoms with van der Waals surface area (Å²) in [6.45, 7) is 6.53. The Morgan fingerprint density at radius 3 is 2.56 bits per heavy atom. The molecular weight excluding hydrogens is 342 g/mol. The first-order chi connectivity index (χ1) is 12.8. The Bertz CT molecular complexity index is 882. The lowest BCUT2D eigenvalue weighted by molar-refractivity contribution is -0.384.